The third kappa shape index (κ3) is 3.68. The number of nitrogens with one attached hydrogen (secondary N) is 1. The minimum Gasteiger partial charge on any atom is -0.383 e. The van der Waals surface area contributed by atoms with Gasteiger partial charge >= 0.3 is 0 Å². The molecule has 0 aliphatic rings. The molecule has 0 atom stereocenters. The van der Waals surface area contributed by atoms with Crippen molar-refractivity contribution in [2.45, 2.75) is 26.3 Å². The number of benzene rings is 1. The highest BCUT2D eigenvalue weighted by molar-refractivity contribution is 5.99. The number of nitrogens with zero attached hydrogens (tertiary/aromatic N) is 4. The van der Waals surface area contributed by atoms with Gasteiger partial charge in [0, 0.05) is 25.3 Å². The molecule has 2 heterocycles. The summed E-state index contributed by atoms with van der Waals surface area (Å²) in [5.74, 6) is -0.824. The van der Waals surface area contributed by atoms with Crippen LogP contribution in [0.4, 0.5) is 20.5 Å². The lowest BCUT2D eigenvalue weighted by molar-refractivity contribution is 0.210. The molecule has 7 nitrogen and oxygen atoms in total. The van der Waals surface area contributed by atoms with Gasteiger partial charge in [-0.25, -0.2) is 18.4 Å². The lowest BCUT2D eigenvalue weighted by Crippen LogP contribution is -2.24. The van der Waals surface area contributed by atoms with Gasteiger partial charge < -0.3 is 15.8 Å². The number of rotatable bonds is 5. The van der Waals surface area contributed by atoms with Gasteiger partial charge in [-0.2, -0.15) is 4.98 Å². The highest BCUT2D eigenvalue weighted by atomic mass is 19.1. The summed E-state index contributed by atoms with van der Waals surface area (Å²) in [4.78, 5) is 8.81. The van der Waals surface area contributed by atoms with E-state index in [4.69, 9.17) is 10.5 Å². The number of hydrogen-bond acceptors (Lipinski definition) is 6. The Morgan fingerprint density at radius 2 is 1.96 bits per heavy atom. The minimum atomic E-state index is -0.735. The Balaban J connectivity index is 2.25. The second kappa shape index (κ2) is 7.07. The third-order valence-electron chi connectivity index (χ3n) is 3.98. The lowest BCUT2D eigenvalue weighted by Gasteiger charge is -2.20. The molecule has 0 amide bonds. The van der Waals surface area contributed by atoms with E-state index in [2.05, 4.69) is 20.4 Å². The maximum absolute atomic E-state index is 14.5. The van der Waals surface area contributed by atoms with E-state index in [0.717, 1.165) is 6.07 Å². The van der Waals surface area contributed by atoms with Gasteiger partial charge in [-0.05, 0) is 32.9 Å². The maximum atomic E-state index is 14.5. The Morgan fingerprint density at radius 3 is 2.59 bits per heavy atom. The van der Waals surface area contributed by atoms with Gasteiger partial charge in [0.2, 0.25) is 5.95 Å². The smallest absolute Gasteiger partial charge is 0.225 e. The lowest BCUT2D eigenvalue weighted by atomic mass is 10.1. The third-order valence-corrected chi connectivity index (χ3v) is 3.98. The Labute approximate surface area is 155 Å². The SMILES string of the molecule is COCCNc1nc(-c2ccc(F)cc2F)c2c(N)n(C(C)(C)C)nc2n1. The fourth-order valence-corrected chi connectivity index (χ4v) is 2.74. The molecular formula is C18H22F2N6O. The van der Waals surface area contributed by atoms with Crippen LogP contribution in [0, 0.1) is 11.6 Å². The molecule has 0 bridgehead atoms. The summed E-state index contributed by atoms with van der Waals surface area (Å²) in [5.41, 5.74) is 6.60. The average molecular weight is 376 g/mol. The number of aromatic nitrogens is 4. The minimum absolute atomic E-state index is 0.124. The summed E-state index contributed by atoms with van der Waals surface area (Å²) < 4.78 is 34.5. The number of fused-ring (bicyclic) bond motifs is 1. The van der Waals surface area contributed by atoms with E-state index < -0.39 is 17.2 Å². The Hall–Kier alpha value is -2.81. The van der Waals surface area contributed by atoms with Gasteiger partial charge in [0.05, 0.1) is 23.2 Å². The number of nitrogen functional groups attached to an aromatic ring is 1. The van der Waals surface area contributed by atoms with Crippen LogP contribution >= 0.6 is 0 Å². The predicted octanol–water partition coefficient (Wildman–Crippen LogP) is 3.17. The average Bonchev–Trinajstić information content (AvgIpc) is 2.92. The predicted molar refractivity (Wildman–Crippen MR) is 100 cm³/mol. The zero-order valence-electron chi connectivity index (χ0n) is 15.7. The Kier molecular flexibility index (Phi) is 4.97. The summed E-state index contributed by atoms with van der Waals surface area (Å²) in [6, 6.07) is 3.32. The number of nitrogens with two attached hydrogens (primary N) is 1. The fraction of sp³-hybridized carbons (Fsp3) is 0.389. The first kappa shape index (κ1) is 19.0. The van der Waals surface area contributed by atoms with Crippen LogP contribution in [0.1, 0.15) is 20.8 Å². The van der Waals surface area contributed by atoms with Crippen LogP contribution in [0.5, 0.6) is 0 Å². The van der Waals surface area contributed by atoms with Crippen molar-refractivity contribution < 1.29 is 13.5 Å². The van der Waals surface area contributed by atoms with Crippen LogP contribution in [0.25, 0.3) is 22.3 Å². The number of hydrogen-bond donors (Lipinski definition) is 2. The standard InChI is InChI=1S/C18H22F2N6O/c1-18(2,3)26-15(21)13-14(11-6-5-10(19)9-12(11)20)23-17(22-7-8-27-4)24-16(13)25-26/h5-6,9H,7-8,21H2,1-4H3,(H,22,24,25). The molecule has 9 heteroatoms. The zero-order valence-corrected chi connectivity index (χ0v) is 15.7. The van der Waals surface area contributed by atoms with E-state index in [1.165, 1.54) is 12.1 Å². The van der Waals surface area contributed by atoms with Crippen LogP contribution in [0.3, 0.4) is 0 Å². The molecule has 3 rings (SSSR count). The molecule has 0 radical (unpaired) electrons. The maximum Gasteiger partial charge on any atom is 0.225 e. The van der Waals surface area contributed by atoms with E-state index in [1.54, 1.807) is 11.8 Å². The van der Waals surface area contributed by atoms with Crippen molar-refractivity contribution in [3.8, 4) is 11.3 Å². The molecule has 0 spiro atoms. The fourth-order valence-electron chi connectivity index (χ4n) is 2.74. The van der Waals surface area contributed by atoms with Crippen LogP contribution in [0.15, 0.2) is 18.2 Å². The van der Waals surface area contributed by atoms with Crippen molar-refractivity contribution in [1.29, 1.82) is 0 Å². The molecule has 27 heavy (non-hydrogen) atoms. The zero-order chi connectivity index (χ0) is 19.8. The molecule has 1 aromatic carbocycles. The number of methoxy groups -OCH3 is 1. The molecule has 3 N–H and O–H groups in total. The summed E-state index contributed by atoms with van der Waals surface area (Å²) >= 11 is 0. The number of halogens is 2. The second-order valence-corrected chi connectivity index (χ2v) is 7.11. The van der Waals surface area contributed by atoms with Crippen molar-refractivity contribution in [2.24, 2.45) is 0 Å². The van der Waals surface area contributed by atoms with Gasteiger partial charge in [-0.1, -0.05) is 0 Å². The van der Waals surface area contributed by atoms with E-state index >= 15 is 0 Å². The van der Waals surface area contributed by atoms with E-state index in [-0.39, 0.29) is 17.2 Å². The van der Waals surface area contributed by atoms with Crippen LogP contribution in [0.2, 0.25) is 0 Å². The van der Waals surface area contributed by atoms with Crippen molar-refractivity contribution >= 4 is 22.8 Å². The van der Waals surface area contributed by atoms with E-state index in [9.17, 15) is 8.78 Å². The molecule has 0 fully saturated rings. The largest absolute Gasteiger partial charge is 0.383 e. The first-order chi connectivity index (χ1) is 12.7. The second-order valence-electron chi connectivity index (χ2n) is 7.11. The van der Waals surface area contributed by atoms with Gasteiger partial charge in [-0.3, -0.25) is 0 Å². The van der Waals surface area contributed by atoms with E-state index in [0.29, 0.717) is 30.0 Å². The molecule has 0 aliphatic heterocycles. The first-order valence-electron chi connectivity index (χ1n) is 8.47. The van der Waals surface area contributed by atoms with Crippen LogP contribution in [-0.2, 0) is 10.3 Å². The van der Waals surface area contributed by atoms with Gasteiger partial charge in [0.25, 0.3) is 0 Å². The van der Waals surface area contributed by atoms with Crippen molar-refractivity contribution in [3.63, 3.8) is 0 Å². The molecule has 0 aliphatic carbocycles. The van der Waals surface area contributed by atoms with Gasteiger partial charge in [0.1, 0.15) is 17.5 Å². The highest BCUT2D eigenvalue weighted by Crippen LogP contribution is 2.35. The topological polar surface area (TPSA) is 90.9 Å². The van der Waals surface area contributed by atoms with Crippen LogP contribution in [-0.4, -0.2) is 40.0 Å². The normalized spacial score (nSPS) is 11.9. The van der Waals surface area contributed by atoms with Gasteiger partial charge in [-0.15, -0.1) is 5.10 Å². The number of anilines is 2. The first-order valence-corrected chi connectivity index (χ1v) is 8.47. The summed E-state index contributed by atoms with van der Waals surface area (Å²) in [6.45, 7) is 6.73. The molecule has 2 aromatic heterocycles. The van der Waals surface area contributed by atoms with E-state index in [1.807, 2.05) is 20.8 Å². The summed E-state index contributed by atoms with van der Waals surface area (Å²) in [6.07, 6.45) is 0. The van der Waals surface area contributed by atoms with Gasteiger partial charge in [0.15, 0.2) is 5.65 Å². The molecule has 0 saturated heterocycles. The highest BCUT2D eigenvalue weighted by Gasteiger charge is 2.25. The molecule has 0 saturated carbocycles. The molecule has 144 valence electrons. The van der Waals surface area contributed by atoms with Crippen molar-refractivity contribution in [3.05, 3.63) is 29.8 Å². The monoisotopic (exact) mass is 376 g/mol. The molecule has 3 aromatic rings. The van der Waals surface area contributed by atoms with Crippen molar-refractivity contribution in [2.75, 3.05) is 31.3 Å². The number of ether oxygens (including phenoxy) is 1. The summed E-state index contributed by atoms with van der Waals surface area (Å²) in [5, 5.41) is 7.91. The van der Waals surface area contributed by atoms with Crippen LogP contribution < -0.4 is 11.1 Å². The Bertz CT molecular complexity index is 980. The Morgan fingerprint density at radius 1 is 1.22 bits per heavy atom. The molecular weight excluding hydrogens is 354 g/mol. The molecule has 0 unspecified atom stereocenters. The van der Waals surface area contributed by atoms with Crippen molar-refractivity contribution in [1.82, 2.24) is 19.7 Å². The quantitative estimate of drug-likeness (QED) is 0.665. The summed E-state index contributed by atoms with van der Waals surface area (Å²) in [7, 11) is 1.58.